The van der Waals surface area contributed by atoms with E-state index < -0.39 is 0 Å². The number of nitrogens with one attached hydrogen (secondary N) is 1. The molecule has 0 aliphatic carbocycles. The first-order valence-corrected chi connectivity index (χ1v) is 8.13. The molecule has 1 atom stereocenters. The van der Waals surface area contributed by atoms with Crippen molar-refractivity contribution in [1.29, 1.82) is 0 Å². The van der Waals surface area contributed by atoms with Crippen LogP contribution in [0.3, 0.4) is 0 Å². The summed E-state index contributed by atoms with van der Waals surface area (Å²) in [5.41, 5.74) is 4.46. The zero-order chi connectivity index (χ0) is 16.4. The average Bonchev–Trinajstić information content (AvgIpc) is 3.07. The molecule has 0 saturated carbocycles. The highest BCUT2D eigenvalue weighted by molar-refractivity contribution is 5.88. The van der Waals surface area contributed by atoms with E-state index >= 15 is 0 Å². The Morgan fingerprint density at radius 3 is 2.65 bits per heavy atom. The molecule has 5 nitrogen and oxygen atoms in total. The highest BCUT2D eigenvalue weighted by Gasteiger charge is 2.25. The summed E-state index contributed by atoms with van der Waals surface area (Å²) in [4.78, 5) is 13.5. The number of aryl methyl sites for hydroxylation is 2. The Hall–Kier alpha value is -2.14. The summed E-state index contributed by atoms with van der Waals surface area (Å²) in [5, 5.41) is 7.42. The zero-order valence-electron chi connectivity index (χ0n) is 14.0. The van der Waals surface area contributed by atoms with Gasteiger partial charge in [0.25, 0.3) is 0 Å². The molecule has 0 spiro atoms. The smallest absolute Gasteiger partial charge is 0.221 e. The standard InChI is InChI=1S/C18H24N4O/c1-13-10-14(2)22(20-13)18-8-9-21(12-18)11-16-4-6-17(7-5-16)19-15(3)23/h4-7,10,18H,8-9,11-12H2,1-3H3,(H,19,23). The third-order valence-electron chi connectivity index (χ3n) is 4.32. The van der Waals surface area contributed by atoms with Crippen LogP contribution in [0.4, 0.5) is 5.69 Å². The predicted molar refractivity (Wildman–Crippen MR) is 91.4 cm³/mol. The Labute approximate surface area is 137 Å². The lowest BCUT2D eigenvalue weighted by atomic mass is 10.2. The quantitative estimate of drug-likeness (QED) is 0.944. The van der Waals surface area contributed by atoms with Crippen molar-refractivity contribution >= 4 is 11.6 Å². The SMILES string of the molecule is CC(=O)Nc1ccc(CN2CCC(n3nc(C)cc3C)C2)cc1. The lowest BCUT2D eigenvalue weighted by Gasteiger charge is -2.17. The van der Waals surface area contributed by atoms with E-state index in [1.54, 1.807) is 0 Å². The molecule has 1 aromatic carbocycles. The minimum atomic E-state index is -0.0370. The number of carbonyl (C=O) groups excluding carboxylic acids is 1. The molecule has 23 heavy (non-hydrogen) atoms. The molecule has 1 amide bonds. The Balaban J connectivity index is 1.59. The summed E-state index contributed by atoms with van der Waals surface area (Å²) in [6.07, 6.45) is 1.14. The van der Waals surface area contributed by atoms with Crippen LogP contribution in [0.25, 0.3) is 0 Å². The van der Waals surface area contributed by atoms with Crippen LogP contribution in [-0.2, 0) is 11.3 Å². The van der Waals surface area contributed by atoms with E-state index in [1.807, 2.05) is 19.1 Å². The Morgan fingerprint density at radius 1 is 1.30 bits per heavy atom. The van der Waals surface area contributed by atoms with Gasteiger partial charge in [-0.15, -0.1) is 0 Å². The van der Waals surface area contributed by atoms with Crippen molar-refractivity contribution in [2.75, 3.05) is 18.4 Å². The fourth-order valence-corrected chi connectivity index (χ4v) is 3.33. The van der Waals surface area contributed by atoms with Crippen LogP contribution in [0, 0.1) is 13.8 Å². The van der Waals surface area contributed by atoms with Crippen molar-refractivity contribution < 1.29 is 4.79 Å². The minimum absolute atomic E-state index is 0.0370. The van der Waals surface area contributed by atoms with Crippen molar-refractivity contribution in [3.63, 3.8) is 0 Å². The van der Waals surface area contributed by atoms with E-state index in [1.165, 1.54) is 18.2 Å². The van der Waals surface area contributed by atoms with E-state index in [4.69, 9.17) is 0 Å². The molecular formula is C18H24N4O. The van der Waals surface area contributed by atoms with Crippen molar-refractivity contribution in [1.82, 2.24) is 14.7 Å². The molecule has 1 N–H and O–H groups in total. The molecule has 2 aromatic rings. The molecule has 122 valence electrons. The van der Waals surface area contributed by atoms with Crippen molar-refractivity contribution in [2.45, 2.75) is 39.8 Å². The monoisotopic (exact) mass is 312 g/mol. The Morgan fingerprint density at radius 2 is 2.04 bits per heavy atom. The number of carbonyl (C=O) groups is 1. The number of amides is 1. The highest BCUT2D eigenvalue weighted by atomic mass is 16.1. The third kappa shape index (κ3) is 3.79. The largest absolute Gasteiger partial charge is 0.326 e. The van der Waals surface area contributed by atoms with Crippen LogP contribution in [0.1, 0.15) is 36.3 Å². The van der Waals surface area contributed by atoms with Crippen molar-refractivity contribution in [2.24, 2.45) is 0 Å². The second-order valence-corrected chi connectivity index (χ2v) is 6.43. The van der Waals surface area contributed by atoms with Gasteiger partial charge in [-0.1, -0.05) is 12.1 Å². The summed E-state index contributed by atoms with van der Waals surface area (Å²) >= 11 is 0. The maximum absolute atomic E-state index is 11.0. The summed E-state index contributed by atoms with van der Waals surface area (Å²) < 4.78 is 2.18. The Bertz CT molecular complexity index is 690. The van der Waals surface area contributed by atoms with Gasteiger partial charge in [0.2, 0.25) is 5.91 Å². The van der Waals surface area contributed by atoms with Gasteiger partial charge in [-0.2, -0.15) is 5.10 Å². The van der Waals surface area contributed by atoms with E-state index in [0.29, 0.717) is 6.04 Å². The molecule has 1 aliphatic heterocycles. The van der Waals surface area contributed by atoms with E-state index in [9.17, 15) is 4.79 Å². The number of hydrogen-bond donors (Lipinski definition) is 1. The third-order valence-corrected chi connectivity index (χ3v) is 4.32. The van der Waals surface area contributed by atoms with Crippen LogP contribution in [0.15, 0.2) is 30.3 Å². The normalized spacial score (nSPS) is 18.3. The first-order valence-electron chi connectivity index (χ1n) is 8.13. The van der Waals surface area contributed by atoms with Crippen LogP contribution < -0.4 is 5.32 Å². The van der Waals surface area contributed by atoms with Crippen LogP contribution in [-0.4, -0.2) is 33.7 Å². The van der Waals surface area contributed by atoms with Gasteiger partial charge >= 0.3 is 0 Å². The molecular weight excluding hydrogens is 288 g/mol. The van der Waals surface area contributed by atoms with Crippen molar-refractivity contribution in [3.8, 4) is 0 Å². The second kappa shape index (κ2) is 6.54. The van der Waals surface area contributed by atoms with E-state index in [-0.39, 0.29) is 5.91 Å². The van der Waals surface area contributed by atoms with E-state index in [2.05, 4.69) is 45.1 Å². The molecule has 2 heterocycles. The lowest BCUT2D eigenvalue weighted by molar-refractivity contribution is -0.114. The molecule has 1 saturated heterocycles. The van der Waals surface area contributed by atoms with Crippen LogP contribution in [0.5, 0.6) is 0 Å². The molecule has 1 unspecified atom stereocenters. The summed E-state index contributed by atoms with van der Waals surface area (Å²) in [7, 11) is 0. The molecule has 1 fully saturated rings. The van der Waals surface area contributed by atoms with Gasteiger partial charge in [-0.3, -0.25) is 14.4 Å². The predicted octanol–water partition coefficient (Wildman–Crippen LogP) is 2.91. The zero-order valence-corrected chi connectivity index (χ0v) is 14.0. The lowest BCUT2D eigenvalue weighted by Crippen LogP contribution is -2.22. The topological polar surface area (TPSA) is 50.2 Å². The fourth-order valence-electron chi connectivity index (χ4n) is 3.33. The minimum Gasteiger partial charge on any atom is -0.326 e. The summed E-state index contributed by atoms with van der Waals surface area (Å²) in [5.74, 6) is -0.0370. The molecule has 1 aliphatic rings. The second-order valence-electron chi connectivity index (χ2n) is 6.43. The first-order chi connectivity index (χ1) is 11.0. The number of aromatic nitrogens is 2. The van der Waals surface area contributed by atoms with Gasteiger partial charge in [0.05, 0.1) is 11.7 Å². The molecule has 0 bridgehead atoms. The van der Waals surface area contributed by atoms with Gasteiger partial charge in [0.1, 0.15) is 0 Å². The Kier molecular flexibility index (Phi) is 4.48. The maximum atomic E-state index is 11.0. The number of rotatable bonds is 4. The average molecular weight is 312 g/mol. The molecule has 5 heteroatoms. The van der Waals surface area contributed by atoms with Gasteiger partial charge in [0, 0.05) is 37.9 Å². The van der Waals surface area contributed by atoms with Gasteiger partial charge < -0.3 is 5.32 Å². The van der Waals surface area contributed by atoms with Crippen LogP contribution in [0.2, 0.25) is 0 Å². The molecule has 0 radical (unpaired) electrons. The van der Waals surface area contributed by atoms with Gasteiger partial charge in [-0.25, -0.2) is 0 Å². The molecule has 3 rings (SSSR count). The summed E-state index contributed by atoms with van der Waals surface area (Å²) in [6, 6.07) is 10.7. The number of likely N-dealkylation sites (tertiary alicyclic amines) is 1. The number of hydrogen-bond acceptors (Lipinski definition) is 3. The fraction of sp³-hybridized carbons (Fsp3) is 0.444. The van der Waals surface area contributed by atoms with E-state index in [0.717, 1.165) is 37.4 Å². The number of nitrogens with zero attached hydrogens (tertiary/aromatic N) is 3. The number of benzene rings is 1. The van der Waals surface area contributed by atoms with Gasteiger partial charge in [0.15, 0.2) is 0 Å². The first kappa shape index (κ1) is 15.7. The maximum Gasteiger partial charge on any atom is 0.221 e. The summed E-state index contributed by atoms with van der Waals surface area (Å²) in [6.45, 7) is 8.77. The molecule has 1 aromatic heterocycles. The van der Waals surface area contributed by atoms with Crippen molar-refractivity contribution in [3.05, 3.63) is 47.3 Å². The van der Waals surface area contributed by atoms with Crippen LogP contribution >= 0.6 is 0 Å². The highest BCUT2D eigenvalue weighted by Crippen LogP contribution is 2.24. The number of anilines is 1. The van der Waals surface area contributed by atoms with Gasteiger partial charge in [-0.05, 0) is 44.0 Å².